The molecule has 0 aromatic carbocycles. The standard InChI is InChI=1S/C12H16F2N2O2S/c1-2-8(5-7-17)16-10(18)9-4-3-6-15-11(9)19-12(13)14/h3-4,6,8,12,17H,2,5,7H2,1H3,(H,16,18). The second-order valence-electron chi connectivity index (χ2n) is 3.83. The van der Waals surface area contributed by atoms with E-state index in [9.17, 15) is 13.6 Å². The maximum Gasteiger partial charge on any atom is 0.290 e. The number of alkyl halides is 2. The second kappa shape index (κ2) is 8.06. The Morgan fingerprint density at radius 2 is 2.32 bits per heavy atom. The highest BCUT2D eigenvalue weighted by Crippen LogP contribution is 2.26. The molecule has 7 heteroatoms. The summed E-state index contributed by atoms with van der Waals surface area (Å²) < 4.78 is 24.7. The van der Waals surface area contributed by atoms with Crippen LogP contribution in [0.15, 0.2) is 23.4 Å². The van der Waals surface area contributed by atoms with Gasteiger partial charge < -0.3 is 10.4 Å². The Morgan fingerprint density at radius 3 is 2.89 bits per heavy atom. The zero-order chi connectivity index (χ0) is 14.3. The van der Waals surface area contributed by atoms with Crippen LogP contribution in [0.5, 0.6) is 0 Å². The number of carbonyl (C=O) groups excluding carboxylic acids is 1. The van der Waals surface area contributed by atoms with Crippen LogP contribution in [0.2, 0.25) is 0 Å². The van der Waals surface area contributed by atoms with Gasteiger partial charge in [-0.25, -0.2) is 4.98 Å². The molecule has 1 unspecified atom stereocenters. The average Bonchev–Trinajstić information content (AvgIpc) is 2.38. The van der Waals surface area contributed by atoms with Gasteiger partial charge in [0.05, 0.1) is 5.56 Å². The maximum absolute atomic E-state index is 12.4. The van der Waals surface area contributed by atoms with E-state index in [4.69, 9.17) is 5.11 Å². The monoisotopic (exact) mass is 290 g/mol. The van der Waals surface area contributed by atoms with Crippen LogP contribution in [0, 0.1) is 0 Å². The third-order valence-corrected chi connectivity index (χ3v) is 3.25. The number of halogens is 2. The molecular formula is C12H16F2N2O2S. The summed E-state index contributed by atoms with van der Waals surface area (Å²) in [6.07, 6.45) is 2.45. The van der Waals surface area contributed by atoms with Crippen molar-refractivity contribution >= 4 is 17.7 Å². The van der Waals surface area contributed by atoms with E-state index in [2.05, 4.69) is 10.3 Å². The molecule has 19 heavy (non-hydrogen) atoms. The van der Waals surface area contributed by atoms with Gasteiger partial charge in [0.25, 0.3) is 11.7 Å². The largest absolute Gasteiger partial charge is 0.396 e. The summed E-state index contributed by atoms with van der Waals surface area (Å²) in [4.78, 5) is 15.8. The fourth-order valence-corrected chi connectivity index (χ4v) is 2.12. The van der Waals surface area contributed by atoms with E-state index in [0.29, 0.717) is 12.8 Å². The molecule has 1 atom stereocenters. The van der Waals surface area contributed by atoms with E-state index < -0.39 is 11.7 Å². The lowest BCUT2D eigenvalue weighted by Crippen LogP contribution is -2.35. The Kier molecular flexibility index (Phi) is 6.72. The van der Waals surface area contributed by atoms with Crippen LogP contribution in [-0.4, -0.2) is 34.4 Å². The van der Waals surface area contributed by atoms with Crippen molar-refractivity contribution in [2.45, 2.75) is 36.6 Å². The topological polar surface area (TPSA) is 62.2 Å². The van der Waals surface area contributed by atoms with Gasteiger partial charge in [0, 0.05) is 18.8 Å². The summed E-state index contributed by atoms with van der Waals surface area (Å²) in [5.74, 6) is -3.07. The van der Waals surface area contributed by atoms with Gasteiger partial charge in [-0.1, -0.05) is 6.92 Å². The van der Waals surface area contributed by atoms with Gasteiger partial charge in [-0.05, 0) is 36.7 Å². The van der Waals surface area contributed by atoms with Gasteiger partial charge in [-0.15, -0.1) is 0 Å². The first-order valence-corrected chi connectivity index (χ1v) is 6.78. The summed E-state index contributed by atoms with van der Waals surface area (Å²) >= 11 is 0.247. The van der Waals surface area contributed by atoms with Crippen molar-refractivity contribution in [2.24, 2.45) is 0 Å². The van der Waals surface area contributed by atoms with Gasteiger partial charge >= 0.3 is 0 Å². The Morgan fingerprint density at radius 1 is 1.58 bits per heavy atom. The smallest absolute Gasteiger partial charge is 0.290 e. The van der Waals surface area contributed by atoms with E-state index in [1.165, 1.54) is 18.3 Å². The van der Waals surface area contributed by atoms with Crippen molar-refractivity contribution in [3.05, 3.63) is 23.9 Å². The number of aliphatic hydroxyl groups is 1. The predicted molar refractivity (Wildman–Crippen MR) is 69.3 cm³/mol. The Bertz CT molecular complexity index is 418. The maximum atomic E-state index is 12.4. The molecule has 0 aliphatic rings. The van der Waals surface area contributed by atoms with Crippen LogP contribution in [0.3, 0.4) is 0 Å². The normalized spacial score (nSPS) is 12.5. The summed E-state index contributed by atoms with van der Waals surface area (Å²) in [6.45, 7) is 1.84. The molecule has 0 saturated carbocycles. The van der Waals surface area contributed by atoms with Crippen LogP contribution in [-0.2, 0) is 0 Å². The minimum atomic E-state index is -2.62. The van der Waals surface area contributed by atoms with E-state index in [-0.39, 0.29) is 35.0 Å². The number of amides is 1. The van der Waals surface area contributed by atoms with Gasteiger partial charge in [0.15, 0.2) is 0 Å². The molecule has 1 aromatic rings. The molecule has 0 radical (unpaired) electrons. The number of nitrogens with one attached hydrogen (secondary N) is 1. The molecule has 106 valence electrons. The molecule has 0 bridgehead atoms. The van der Waals surface area contributed by atoms with Crippen LogP contribution >= 0.6 is 11.8 Å². The number of pyridine rings is 1. The lowest BCUT2D eigenvalue weighted by Gasteiger charge is -2.16. The van der Waals surface area contributed by atoms with E-state index >= 15 is 0 Å². The second-order valence-corrected chi connectivity index (χ2v) is 4.80. The number of carbonyl (C=O) groups is 1. The minimum absolute atomic E-state index is 0.00820. The van der Waals surface area contributed by atoms with Crippen LogP contribution < -0.4 is 5.32 Å². The van der Waals surface area contributed by atoms with E-state index in [1.54, 1.807) is 0 Å². The predicted octanol–water partition coefficient (Wildman–Crippen LogP) is 2.29. The average molecular weight is 290 g/mol. The third-order valence-electron chi connectivity index (χ3n) is 2.52. The Hall–Kier alpha value is -1.21. The van der Waals surface area contributed by atoms with Crippen LogP contribution in [0.25, 0.3) is 0 Å². The number of rotatable bonds is 7. The number of aromatic nitrogens is 1. The van der Waals surface area contributed by atoms with Crippen LogP contribution in [0.4, 0.5) is 8.78 Å². The first kappa shape index (κ1) is 15.8. The summed E-state index contributed by atoms with van der Waals surface area (Å²) in [5.41, 5.74) is 0.129. The highest BCUT2D eigenvalue weighted by atomic mass is 32.2. The first-order valence-electron chi connectivity index (χ1n) is 5.90. The molecule has 0 aliphatic heterocycles. The molecule has 2 N–H and O–H groups in total. The molecule has 0 aliphatic carbocycles. The molecule has 4 nitrogen and oxygen atoms in total. The molecule has 1 rings (SSSR count). The Labute approximate surface area is 114 Å². The third kappa shape index (κ3) is 5.12. The SMILES string of the molecule is CCC(CCO)NC(=O)c1cccnc1SC(F)F. The van der Waals surface area contributed by atoms with E-state index in [0.717, 1.165) is 0 Å². The van der Waals surface area contributed by atoms with Gasteiger partial charge in [-0.3, -0.25) is 4.79 Å². The zero-order valence-electron chi connectivity index (χ0n) is 10.5. The Balaban J connectivity index is 2.81. The summed E-state index contributed by atoms with van der Waals surface area (Å²) in [7, 11) is 0. The van der Waals surface area contributed by atoms with Crippen molar-refractivity contribution in [3.63, 3.8) is 0 Å². The van der Waals surface area contributed by atoms with Crippen molar-refractivity contribution < 1.29 is 18.7 Å². The number of nitrogens with zero attached hydrogens (tertiary/aromatic N) is 1. The van der Waals surface area contributed by atoms with Crippen LogP contribution in [0.1, 0.15) is 30.1 Å². The lowest BCUT2D eigenvalue weighted by atomic mass is 10.1. The number of aliphatic hydroxyl groups excluding tert-OH is 1. The van der Waals surface area contributed by atoms with Crippen molar-refractivity contribution in [1.29, 1.82) is 0 Å². The van der Waals surface area contributed by atoms with Gasteiger partial charge in [0.2, 0.25) is 0 Å². The van der Waals surface area contributed by atoms with Gasteiger partial charge in [0.1, 0.15) is 5.03 Å². The first-order chi connectivity index (χ1) is 9.08. The number of thioether (sulfide) groups is 1. The number of hydrogen-bond acceptors (Lipinski definition) is 4. The quantitative estimate of drug-likeness (QED) is 0.756. The highest BCUT2D eigenvalue weighted by molar-refractivity contribution is 7.99. The molecule has 1 aromatic heterocycles. The summed E-state index contributed by atoms with van der Waals surface area (Å²) in [6, 6.07) is 2.80. The van der Waals surface area contributed by atoms with Crippen molar-refractivity contribution in [1.82, 2.24) is 10.3 Å². The fraction of sp³-hybridized carbons (Fsp3) is 0.500. The summed E-state index contributed by atoms with van der Waals surface area (Å²) in [5, 5.41) is 11.6. The minimum Gasteiger partial charge on any atom is -0.396 e. The zero-order valence-corrected chi connectivity index (χ0v) is 11.3. The molecule has 0 spiro atoms. The molecule has 0 fully saturated rings. The van der Waals surface area contributed by atoms with Gasteiger partial charge in [-0.2, -0.15) is 8.78 Å². The highest BCUT2D eigenvalue weighted by Gasteiger charge is 2.18. The number of hydrogen-bond donors (Lipinski definition) is 2. The molecule has 1 amide bonds. The molecule has 1 heterocycles. The van der Waals surface area contributed by atoms with Crippen molar-refractivity contribution in [3.8, 4) is 0 Å². The van der Waals surface area contributed by atoms with E-state index in [1.807, 2.05) is 6.92 Å². The molecular weight excluding hydrogens is 274 g/mol. The van der Waals surface area contributed by atoms with Crippen molar-refractivity contribution in [2.75, 3.05) is 6.61 Å². The lowest BCUT2D eigenvalue weighted by molar-refractivity contribution is 0.0925. The fourth-order valence-electron chi connectivity index (χ4n) is 1.54. The molecule has 0 saturated heterocycles.